The average Bonchev–Trinajstić information content (AvgIpc) is 3.70. The summed E-state index contributed by atoms with van der Waals surface area (Å²) in [6.45, 7) is 8.15. The molecule has 256 valence electrons. The fourth-order valence-electron chi connectivity index (χ4n) is 6.35. The van der Waals surface area contributed by atoms with Gasteiger partial charge in [-0.1, -0.05) is 48.5 Å². The molecule has 0 bridgehead atoms. The molecule has 5 rings (SSSR count). The zero-order valence-electron chi connectivity index (χ0n) is 26.9. The van der Waals surface area contributed by atoms with Gasteiger partial charge >= 0.3 is 12.4 Å². The monoisotopic (exact) mass is 716 g/mol. The molecule has 0 saturated carbocycles. The summed E-state index contributed by atoms with van der Waals surface area (Å²) in [5.41, 5.74) is 8.56. The van der Waals surface area contributed by atoms with Crippen LogP contribution in [0.1, 0.15) is 84.8 Å². The summed E-state index contributed by atoms with van der Waals surface area (Å²) in [4.78, 5) is 51.3. The van der Waals surface area contributed by atoms with Crippen molar-refractivity contribution in [3.05, 3.63) is 91.7 Å². The van der Waals surface area contributed by atoms with Gasteiger partial charge in [-0.25, -0.2) is 0 Å². The number of thiophene rings is 2. The van der Waals surface area contributed by atoms with Gasteiger partial charge in [-0.05, 0) is 91.5 Å². The van der Waals surface area contributed by atoms with Crippen LogP contribution >= 0.6 is 22.7 Å². The highest BCUT2D eigenvalue weighted by Crippen LogP contribution is 2.50. The number of rotatable bonds is 10. The van der Waals surface area contributed by atoms with Crippen LogP contribution in [0.5, 0.6) is 0 Å². The van der Waals surface area contributed by atoms with Gasteiger partial charge in [-0.2, -0.15) is 26.3 Å². The van der Waals surface area contributed by atoms with E-state index in [1.807, 2.05) is 27.7 Å². The highest BCUT2D eigenvalue weighted by Gasteiger charge is 2.40. The van der Waals surface area contributed by atoms with Gasteiger partial charge in [0.15, 0.2) is 11.6 Å². The Morgan fingerprint density at radius 1 is 0.571 bits per heavy atom. The number of Topliss-reactive ketones (excluding diaryl/α,β-unsaturated/α-hetero) is 4. The van der Waals surface area contributed by atoms with Crippen molar-refractivity contribution in [1.82, 2.24) is 0 Å². The molecule has 0 spiro atoms. The van der Waals surface area contributed by atoms with Crippen molar-refractivity contribution in [3.63, 3.8) is 0 Å². The highest BCUT2D eigenvalue weighted by molar-refractivity contribution is 7.16. The van der Waals surface area contributed by atoms with E-state index in [0.29, 0.717) is 0 Å². The largest absolute Gasteiger partial charge is 0.450 e. The number of hydrogen-bond donors (Lipinski definition) is 0. The maximum absolute atomic E-state index is 12.6. The van der Waals surface area contributed by atoms with E-state index in [1.165, 1.54) is 35.4 Å². The number of carbonyl (C=O) groups is 4. The van der Waals surface area contributed by atoms with Crippen LogP contribution in [-0.4, -0.2) is 35.5 Å². The Kier molecular flexibility index (Phi) is 10.0. The molecule has 1 aliphatic carbocycles. The first-order chi connectivity index (χ1) is 22.9. The first kappa shape index (κ1) is 36.1. The minimum atomic E-state index is -5.06. The minimum Gasteiger partial charge on any atom is -0.294 e. The molecule has 4 nitrogen and oxygen atoms in total. The maximum Gasteiger partial charge on any atom is 0.450 e. The predicted molar refractivity (Wildman–Crippen MR) is 179 cm³/mol. The summed E-state index contributed by atoms with van der Waals surface area (Å²) >= 11 is 3.19. The van der Waals surface area contributed by atoms with E-state index in [4.69, 9.17) is 0 Å². The standard InChI is InChI=1S/C37H30F6O4S2/c1-18-32(20(3)48-34(18)24-12-8-22(9-13-24)28(44)16-30(46)36(38,39)40)26-6-5-7-27(26)33-19(2)35(49-21(33)4)25-14-10-23(11-15-25)29(45)17-31(47)37(41,42)43/h8-15H,5-7,16-17H2,1-4H3. The Morgan fingerprint density at radius 2 is 0.898 bits per heavy atom. The lowest BCUT2D eigenvalue weighted by Crippen LogP contribution is -2.25. The van der Waals surface area contributed by atoms with Gasteiger partial charge in [-0.15, -0.1) is 22.7 Å². The van der Waals surface area contributed by atoms with E-state index in [-0.39, 0.29) is 11.1 Å². The van der Waals surface area contributed by atoms with Gasteiger partial charge in [0.05, 0.1) is 12.8 Å². The van der Waals surface area contributed by atoms with Crippen LogP contribution in [0.25, 0.3) is 32.0 Å². The Balaban J connectivity index is 1.43. The van der Waals surface area contributed by atoms with E-state index in [0.717, 1.165) is 72.2 Å². The smallest absolute Gasteiger partial charge is 0.294 e. The average molecular weight is 717 g/mol. The van der Waals surface area contributed by atoms with Crippen molar-refractivity contribution in [3.8, 4) is 20.9 Å². The van der Waals surface area contributed by atoms with Crippen molar-refractivity contribution < 1.29 is 45.5 Å². The predicted octanol–water partition coefficient (Wildman–Crippen LogP) is 10.9. The molecule has 2 heterocycles. The lowest BCUT2D eigenvalue weighted by atomic mass is 9.91. The first-order valence-electron chi connectivity index (χ1n) is 15.3. The quantitative estimate of drug-likeness (QED) is 0.0931. The summed E-state index contributed by atoms with van der Waals surface area (Å²) in [6.07, 6.45) is -9.90. The number of carbonyl (C=O) groups excluding carboxylic acids is 4. The van der Waals surface area contributed by atoms with E-state index in [1.54, 1.807) is 46.9 Å². The van der Waals surface area contributed by atoms with Crippen molar-refractivity contribution in [2.45, 2.75) is 72.2 Å². The molecule has 0 amide bonds. The molecule has 2 aromatic heterocycles. The van der Waals surface area contributed by atoms with Crippen molar-refractivity contribution >= 4 is 57.0 Å². The molecular formula is C37H30F6O4S2. The van der Waals surface area contributed by atoms with Crippen LogP contribution in [-0.2, 0) is 9.59 Å². The summed E-state index contributed by atoms with van der Waals surface area (Å²) in [5.74, 6) is -5.94. The second-order valence-electron chi connectivity index (χ2n) is 12.0. The lowest BCUT2D eigenvalue weighted by molar-refractivity contribution is -0.170. The van der Waals surface area contributed by atoms with Gasteiger partial charge in [0.25, 0.3) is 0 Å². The number of benzene rings is 2. The van der Waals surface area contributed by atoms with E-state index in [9.17, 15) is 45.5 Å². The summed E-state index contributed by atoms with van der Waals surface area (Å²) in [5, 5.41) is 0. The number of ketones is 4. The molecule has 49 heavy (non-hydrogen) atoms. The van der Waals surface area contributed by atoms with Crippen LogP contribution in [0.15, 0.2) is 48.5 Å². The molecule has 0 saturated heterocycles. The maximum atomic E-state index is 12.6. The Morgan fingerprint density at radius 3 is 1.20 bits per heavy atom. The third-order valence-electron chi connectivity index (χ3n) is 8.68. The van der Waals surface area contributed by atoms with E-state index >= 15 is 0 Å². The molecule has 0 fully saturated rings. The van der Waals surface area contributed by atoms with Gasteiger partial charge in [0, 0.05) is 30.6 Å². The van der Waals surface area contributed by atoms with Crippen molar-refractivity contribution in [2.24, 2.45) is 0 Å². The van der Waals surface area contributed by atoms with Crippen LogP contribution in [0.4, 0.5) is 26.3 Å². The third kappa shape index (κ3) is 7.40. The number of halogens is 6. The van der Waals surface area contributed by atoms with Gasteiger partial charge in [-0.3, -0.25) is 19.2 Å². The molecule has 1 aliphatic rings. The molecule has 4 aromatic rings. The van der Waals surface area contributed by atoms with Crippen LogP contribution in [0, 0.1) is 27.7 Å². The normalized spacial score (nSPS) is 13.7. The topological polar surface area (TPSA) is 68.3 Å². The zero-order valence-corrected chi connectivity index (χ0v) is 28.5. The lowest BCUT2D eigenvalue weighted by Gasteiger charge is -2.12. The second-order valence-corrected chi connectivity index (χ2v) is 14.4. The van der Waals surface area contributed by atoms with Gasteiger partial charge in [0.1, 0.15) is 0 Å². The molecule has 0 unspecified atom stereocenters. The fourth-order valence-corrected chi connectivity index (χ4v) is 8.74. The van der Waals surface area contributed by atoms with Crippen molar-refractivity contribution in [1.29, 1.82) is 0 Å². The fraction of sp³-hybridized carbons (Fsp3) is 0.297. The third-order valence-corrected chi connectivity index (χ3v) is 11.2. The number of alkyl halides is 6. The van der Waals surface area contributed by atoms with Crippen LogP contribution in [0.3, 0.4) is 0 Å². The minimum absolute atomic E-state index is 0.0327. The SMILES string of the molecule is Cc1sc(-c2ccc(C(=O)CC(=O)C(F)(F)F)cc2)c(C)c1C1=C(c2c(C)sc(-c3ccc(C(=O)CC(=O)C(F)(F)F)cc3)c2C)CCC1. The Hall–Kier alpha value is -4.16. The molecule has 0 atom stereocenters. The molecule has 0 N–H and O–H groups in total. The molecule has 0 radical (unpaired) electrons. The van der Waals surface area contributed by atoms with Crippen LogP contribution < -0.4 is 0 Å². The highest BCUT2D eigenvalue weighted by atomic mass is 32.1. The number of hydrogen-bond acceptors (Lipinski definition) is 6. The van der Waals surface area contributed by atoms with Crippen LogP contribution in [0.2, 0.25) is 0 Å². The second kappa shape index (κ2) is 13.6. The summed E-state index contributed by atoms with van der Waals surface area (Å²) in [6, 6.07) is 12.5. The molecule has 0 aliphatic heterocycles. The molecule has 12 heteroatoms. The van der Waals surface area contributed by atoms with Gasteiger partial charge in [0.2, 0.25) is 11.6 Å². The first-order valence-corrected chi connectivity index (χ1v) is 16.9. The number of allylic oxidation sites excluding steroid dienone is 2. The number of aryl methyl sites for hydroxylation is 2. The van der Waals surface area contributed by atoms with E-state index in [2.05, 4.69) is 0 Å². The van der Waals surface area contributed by atoms with Crippen molar-refractivity contribution in [2.75, 3.05) is 0 Å². The Labute approximate surface area is 286 Å². The molecular weight excluding hydrogens is 687 g/mol. The molecule has 2 aromatic carbocycles. The van der Waals surface area contributed by atoms with E-state index < -0.39 is 48.3 Å². The zero-order chi connectivity index (χ0) is 36.0. The summed E-state index contributed by atoms with van der Waals surface area (Å²) < 4.78 is 75.8. The Bertz CT molecular complexity index is 1860. The van der Waals surface area contributed by atoms with Gasteiger partial charge < -0.3 is 0 Å². The summed E-state index contributed by atoms with van der Waals surface area (Å²) in [7, 11) is 0.